The van der Waals surface area contributed by atoms with Crippen LogP contribution in [-0.4, -0.2) is 10.9 Å². The third kappa shape index (κ3) is 3.44. The summed E-state index contributed by atoms with van der Waals surface area (Å²) in [6, 6.07) is 2.09. The third-order valence-electron chi connectivity index (χ3n) is 2.08. The third-order valence-corrected chi connectivity index (χ3v) is 2.89. The Morgan fingerprint density at radius 2 is 1.94 bits per heavy atom. The number of thiocarbonyl (C=S) groups is 1. The van der Waals surface area contributed by atoms with Crippen LogP contribution in [0.4, 0.5) is 14.5 Å². The summed E-state index contributed by atoms with van der Waals surface area (Å²) in [5, 5.41) is 2.11. The van der Waals surface area contributed by atoms with Crippen molar-refractivity contribution in [2.24, 2.45) is 11.7 Å². The van der Waals surface area contributed by atoms with Crippen LogP contribution in [0.5, 0.6) is 0 Å². The van der Waals surface area contributed by atoms with Crippen molar-refractivity contribution in [3.63, 3.8) is 0 Å². The highest BCUT2D eigenvalue weighted by atomic mass is 79.9. The van der Waals surface area contributed by atoms with E-state index in [4.69, 9.17) is 5.73 Å². The number of carbonyl (C=O) groups is 1. The predicted octanol–water partition coefficient (Wildman–Crippen LogP) is 2.59. The molecule has 1 aromatic carbocycles. The van der Waals surface area contributed by atoms with E-state index in [0.29, 0.717) is 0 Å². The standard InChI is InChI=1S/C10H9BrF2N2OS/c1-4(9(14)17)10(16)15-8-6(12)2-5(11)3-7(8)13/h2-4H,1H3,(H2,14,17)(H,15,16). The van der Waals surface area contributed by atoms with E-state index in [1.165, 1.54) is 6.92 Å². The molecule has 3 N–H and O–H groups in total. The van der Waals surface area contributed by atoms with Gasteiger partial charge < -0.3 is 11.1 Å². The normalized spacial score (nSPS) is 12.0. The van der Waals surface area contributed by atoms with Crippen molar-refractivity contribution in [2.45, 2.75) is 6.92 Å². The number of nitrogens with one attached hydrogen (secondary N) is 1. The first-order chi connectivity index (χ1) is 7.82. The highest BCUT2D eigenvalue weighted by molar-refractivity contribution is 9.10. The van der Waals surface area contributed by atoms with Gasteiger partial charge in [-0.1, -0.05) is 28.1 Å². The molecule has 1 amide bonds. The van der Waals surface area contributed by atoms with E-state index in [-0.39, 0.29) is 9.46 Å². The van der Waals surface area contributed by atoms with Gasteiger partial charge in [0, 0.05) is 4.47 Å². The van der Waals surface area contributed by atoms with Crippen molar-refractivity contribution in [2.75, 3.05) is 5.32 Å². The van der Waals surface area contributed by atoms with E-state index in [2.05, 4.69) is 33.5 Å². The van der Waals surface area contributed by atoms with E-state index in [9.17, 15) is 13.6 Å². The Hall–Kier alpha value is -1.08. The van der Waals surface area contributed by atoms with Gasteiger partial charge >= 0.3 is 0 Å². The quantitative estimate of drug-likeness (QED) is 0.841. The summed E-state index contributed by atoms with van der Waals surface area (Å²) in [4.78, 5) is 11.5. The molecule has 92 valence electrons. The van der Waals surface area contributed by atoms with Crippen molar-refractivity contribution in [1.29, 1.82) is 0 Å². The molecular formula is C10H9BrF2N2OS. The highest BCUT2D eigenvalue weighted by Gasteiger charge is 2.19. The molecule has 0 aliphatic carbocycles. The lowest BCUT2D eigenvalue weighted by Crippen LogP contribution is -2.31. The molecule has 0 saturated carbocycles. The summed E-state index contributed by atoms with van der Waals surface area (Å²) in [6.45, 7) is 1.45. The summed E-state index contributed by atoms with van der Waals surface area (Å²) >= 11 is 7.55. The van der Waals surface area contributed by atoms with Crippen LogP contribution < -0.4 is 11.1 Å². The molecule has 0 saturated heterocycles. The molecule has 0 bridgehead atoms. The van der Waals surface area contributed by atoms with Crippen LogP contribution in [0.25, 0.3) is 0 Å². The van der Waals surface area contributed by atoms with Crippen LogP contribution in [0.3, 0.4) is 0 Å². The largest absolute Gasteiger partial charge is 0.393 e. The Kier molecular flexibility index (Phi) is 4.53. The number of hydrogen-bond donors (Lipinski definition) is 2. The van der Waals surface area contributed by atoms with Gasteiger partial charge in [-0.15, -0.1) is 0 Å². The van der Waals surface area contributed by atoms with E-state index in [1.54, 1.807) is 0 Å². The van der Waals surface area contributed by atoms with Gasteiger partial charge in [0.15, 0.2) is 11.6 Å². The monoisotopic (exact) mass is 322 g/mol. The van der Waals surface area contributed by atoms with E-state index in [0.717, 1.165) is 12.1 Å². The van der Waals surface area contributed by atoms with Gasteiger partial charge in [-0.05, 0) is 19.1 Å². The van der Waals surface area contributed by atoms with Crippen molar-refractivity contribution < 1.29 is 13.6 Å². The van der Waals surface area contributed by atoms with Gasteiger partial charge in [0.05, 0.1) is 10.9 Å². The maximum absolute atomic E-state index is 13.4. The van der Waals surface area contributed by atoms with Crippen molar-refractivity contribution >= 4 is 44.7 Å². The molecule has 0 aliphatic heterocycles. The first-order valence-corrected chi connectivity index (χ1v) is 5.77. The van der Waals surface area contributed by atoms with Crippen molar-refractivity contribution in [3.05, 3.63) is 28.2 Å². The van der Waals surface area contributed by atoms with Gasteiger partial charge in [-0.2, -0.15) is 0 Å². The molecular weight excluding hydrogens is 314 g/mol. The second-order valence-electron chi connectivity index (χ2n) is 3.36. The Morgan fingerprint density at radius 3 is 2.35 bits per heavy atom. The number of nitrogens with two attached hydrogens (primary N) is 1. The van der Waals surface area contributed by atoms with E-state index in [1.807, 2.05) is 0 Å². The molecule has 1 unspecified atom stereocenters. The highest BCUT2D eigenvalue weighted by Crippen LogP contribution is 2.24. The molecule has 1 aromatic rings. The molecule has 17 heavy (non-hydrogen) atoms. The molecule has 0 aliphatic rings. The second kappa shape index (κ2) is 5.50. The van der Waals surface area contributed by atoms with Crippen LogP contribution >= 0.6 is 28.1 Å². The zero-order valence-electron chi connectivity index (χ0n) is 8.76. The molecule has 0 spiro atoms. The lowest BCUT2D eigenvalue weighted by molar-refractivity contribution is -0.117. The van der Waals surface area contributed by atoms with Gasteiger partial charge in [-0.3, -0.25) is 4.79 Å². The summed E-state index contributed by atoms with van der Waals surface area (Å²) in [7, 11) is 0. The summed E-state index contributed by atoms with van der Waals surface area (Å²) < 4.78 is 27.0. The van der Waals surface area contributed by atoms with Crippen LogP contribution in [0.15, 0.2) is 16.6 Å². The zero-order valence-corrected chi connectivity index (χ0v) is 11.2. The molecule has 0 radical (unpaired) electrons. The van der Waals surface area contributed by atoms with Crippen LogP contribution in [0.2, 0.25) is 0 Å². The maximum Gasteiger partial charge on any atom is 0.234 e. The lowest BCUT2D eigenvalue weighted by atomic mass is 10.1. The zero-order chi connectivity index (χ0) is 13.2. The molecule has 0 aromatic heterocycles. The second-order valence-corrected chi connectivity index (χ2v) is 4.74. The number of hydrogen-bond acceptors (Lipinski definition) is 2. The first-order valence-electron chi connectivity index (χ1n) is 4.57. The van der Waals surface area contributed by atoms with Gasteiger partial charge in [-0.25, -0.2) is 8.78 Å². The molecule has 1 atom stereocenters. The predicted molar refractivity (Wildman–Crippen MR) is 68.6 cm³/mol. The fourth-order valence-corrected chi connectivity index (χ4v) is 1.53. The molecule has 7 heteroatoms. The minimum Gasteiger partial charge on any atom is -0.393 e. The smallest absolute Gasteiger partial charge is 0.234 e. The lowest BCUT2D eigenvalue weighted by Gasteiger charge is -2.12. The first kappa shape index (κ1) is 14.0. The van der Waals surface area contributed by atoms with Crippen molar-refractivity contribution in [3.8, 4) is 0 Å². The van der Waals surface area contributed by atoms with Gasteiger partial charge in [0.2, 0.25) is 5.91 Å². The van der Waals surface area contributed by atoms with Gasteiger partial charge in [0.25, 0.3) is 0 Å². The maximum atomic E-state index is 13.4. The number of benzene rings is 1. The van der Waals surface area contributed by atoms with Crippen LogP contribution in [0.1, 0.15) is 6.92 Å². The van der Waals surface area contributed by atoms with Crippen LogP contribution in [0, 0.1) is 17.6 Å². The number of amides is 1. The Labute approximate surface area is 110 Å². The molecule has 3 nitrogen and oxygen atoms in total. The van der Waals surface area contributed by atoms with E-state index >= 15 is 0 Å². The fourth-order valence-electron chi connectivity index (χ4n) is 1.02. The average molecular weight is 323 g/mol. The Bertz CT molecular complexity index is 458. The van der Waals surface area contributed by atoms with E-state index < -0.39 is 29.1 Å². The number of halogens is 3. The fraction of sp³-hybridized carbons (Fsp3) is 0.200. The molecule has 0 fully saturated rings. The summed E-state index contributed by atoms with van der Waals surface area (Å²) in [5.41, 5.74) is 4.75. The summed E-state index contributed by atoms with van der Waals surface area (Å²) in [5.74, 6) is -3.20. The Balaban J connectivity index is 2.96. The van der Waals surface area contributed by atoms with Gasteiger partial charge in [0.1, 0.15) is 5.69 Å². The SMILES string of the molecule is CC(C(=O)Nc1c(F)cc(Br)cc1F)C(N)=S. The summed E-state index contributed by atoms with van der Waals surface area (Å²) in [6.07, 6.45) is 0. The number of anilines is 1. The minimum absolute atomic E-state index is 0.0413. The average Bonchev–Trinajstić information content (AvgIpc) is 2.21. The number of carbonyl (C=O) groups excluding carboxylic acids is 1. The minimum atomic E-state index is -0.875. The number of rotatable bonds is 3. The molecule has 1 rings (SSSR count). The molecule has 0 heterocycles. The van der Waals surface area contributed by atoms with Crippen LogP contribution in [-0.2, 0) is 4.79 Å². The van der Waals surface area contributed by atoms with Crippen molar-refractivity contribution in [1.82, 2.24) is 0 Å². The topological polar surface area (TPSA) is 55.1 Å². The Morgan fingerprint density at radius 1 is 1.47 bits per heavy atom.